The van der Waals surface area contributed by atoms with Gasteiger partial charge in [0.25, 0.3) is 0 Å². The molecule has 1 aliphatic rings. The maximum absolute atomic E-state index is 13.6. The molecule has 5 nitrogen and oxygen atoms in total. The molecule has 1 saturated heterocycles. The summed E-state index contributed by atoms with van der Waals surface area (Å²) in [7, 11) is 1.54. The van der Waals surface area contributed by atoms with Crippen LogP contribution in [0.4, 0.5) is 10.1 Å². The molecule has 0 bridgehead atoms. The van der Waals surface area contributed by atoms with E-state index in [0.717, 1.165) is 12.1 Å². The van der Waals surface area contributed by atoms with E-state index in [4.69, 9.17) is 16.3 Å². The summed E-state index contributed by atoms with van der Waals surface area (Å²) in [6.45, 7) is 2.33. The minimum Gasteiger partial charge on any atom is -0.495 e. The second-order valence-corrected chi connectivity index (χ2v) is 6.57. The predicted octanol–water partition coefficient (Wildman–Crippen LogP) is 3.49. The topological polar surface area (TPSA) is 53.6 Å². The molecule has 0 spiro atoms. The molecule has 0 saturated carbocycles. The Kier molecular flexibility index (Phi) is 7.86. The first-order chi connectivity index (χ1) is 12.6. The third kappa shape index (κ3) is 5.56. The van der Waals surface area contributed by atoms with Crippen LogP contribution in [0.25, 0.3) is 0 Å². The SMILES string of the molecule is COc1ccc(Cl)cc1NC(=O)CN1CCNCC1c1cccc(F)c1.Cl. The number of carbonyl (C=O) groups is 1. The van der Waals surface area contributed by atoms with Gasteiger partial charge in [-0.15, -0.1) is 12.4 Å². The van der Waals surface area contributed by atoms with E-state index in [2.05, 4.69) is 10.6 Å². The number of piperazine rings is 1. The third-order valence-corrected chi connectivity index (χ3v) is 4.61. The molecule has 0 aliphatic carbocycles. The van der Waals surface area contributed by atoms with Gasteiger partial charge in [0.2, 0.25) is 5.91 Å². The number of methoxy groups -OCH3 is 1. The molecule has 1 amide bonds. The number of benzene rings is 2. The lowest BCUT2D eigenvalue weighted by Crippen LogP contribution is -2.48. The number of hydrogen-bond donors (Lipinski definition) is 2. The van der Waals surface area contributed by atoms with E-state index in [1.54, 1.807) is 24.3 Å². The summed E-state index contributed by atoms with van der Waals surface area (Å²) >= 11 is 6.01. The number of nitrogens with zero attached hydrogens (tertiary/aromatic N) is 1. The Bertz CT molecular complexity index is 791. The lowest BCUT2D eigenvalue weighted by Gasteiger charge is -2.36. The fourth-order valence-electron chi connectivity index (χ4n) is 3.13. The van der Waals surface area contributed by atoms with Crippen molar-refractivity contribution < 1.29 is 13.9 Å². The van der Waals surface area contributed by atoms with Crippen LogP contribution in [0.15, 0.2) is 42.5 Å². The normalized spacial score (nSPS) is 17.1. The number of ether oxygens (including phenoxy) is 1. The summed E-state index contributed by atoms with van der Waals surface area (Å²) in [4.78, 5) is 14.6. The maximum atomic E-state index is 13.6. The van der Waals surface area contributed by atoms with Crippen molar-refractivity contribution in [3.63, 3.8) is 0 Å². The molecule has 2 N–H and O–H groups in total. The lowest BCUT2D eigenvalue weighted by atomic mass is 10.0. The van der Waals surface area contributed by atoms with Crippen LogP contribution in [0, 0.1) is 5.82 Å². The summed E-state index contributed by atoms with van der Waals surface area (Å²) in [6, 6.07) is 11.5. The number of halogens is 3. The van der Waals surface area contributed by atoms with Gasteiger partial charge in [0.1, 0.15) is 11.6 Å². The van der Waals surface area contributed by atoms with E-state index >= 15 is 0 Å². The summed E-state index contributed by atoms with van der Waals surface area (Å²) < 4.78 is 18.8. The van der Waals surface area contributed by atoms with Crippen LogP contribution < -0.4 is 15.4 Å². The highest BCUT2D eigenvalue weighted by atomic mass is 35.5. The summed E-state index contributed by atoms with van der Waals surface area (Å²) in [5.41, 5.74) is 1.38. The molecule has 0 radical (unpaired) electrons. The Labute approximate surface area is 169 Å². The fraction of sp³-hybridized carbons (Fsp3) is 0.316. The van der Waals surface area contributed by atoms with Gasteiger partial charge in [0.05, 0.1) is 19.3 Å². The molecule has 1 atom stereocenters. The van der Waals surface area contributed by atoms with Crippen molar-refractivity contribution in [3.8, 4) is 5.75 Å². The summed E-state index contributed by atoms with van der Waals surface area (Å²) in [6.07, 6.45) is 0. The highest BCUT2D eigenvalue weighted by Crippen LogP contribution is 2.28. The van der Waals surface area contributed by atoms with Gasteiger partial charge < -0.3 is 15.4 Å². The quantitative estimate of drug-likeness (QED) is 0.787. The Hall–Kier alpha value is -1.86. The first kappa shape index (κ1) is 21.4. The van der Waals surface area contributed by atoms with E-state index in [1.165, 1.54) is 19.2 Å². The number of nitrogens with one attached hydrogen (secondary N) is 2. The van der Waals surface area contributed by atoms with Crippen LogP contribution in [-0.4, -0.2) is 44.1 Å². The average Bonchev–Trinajstić information content (AvgIpc) is 2.62. The molecule has 0 aromatic heterocycles. The molecule has 3 rings (SSSR count). The number of anilines is 1. The Morgan fingerprint density at radius 1 is 1.37 bits per heavy atom. The zero-order valence-electron chi connectivity index (χ0n) is 14.9. The standard InChI is InChI=1S/C19H21ClFN3O2.ClH/c1-26-18-6-5-14(20)10-16(18)23-19(25)12-24-8-7-22-11-17(24)13-3-2-4-15(21)9-13;/h2-6,9-10,17,22H,7-8,11-12H2,1H3,(H,23,25);1H. The van der Waals surface area contributed by atoms with Crippen LogP contribution in [0.5, 0.6) is 5.75 Å². The molecular weight excluding hydrogens is 392 g/mol. The predicted molar refractivity (Wildman–Crippen MR) is 107 cm³/mol. The largest absolute Gasteiger partial charge is 0.495 e. The molecule has 8 heteroatoms. The van der Waals surface area contributed by atoms with Crippen LogP contribution in [-0.2, 0) is 4.79 Å². The van der Waals surface area contributed by atoms with Crippen LogP contribution in [0.3, 0.4) is 0 Å². The van der Waals surface area contributed by atoms with Crippen LogP contribution in [0.1, 0.15) is 11.6 Å². The second kappa shape index (κ2) is 9.90. The molecule has 2 aromatic rings. The summed E-state index contributed by atoms with van der Waals surface area (Å²) in [5.74, 6) is 0.0970. The Balaban J connectivity index is 0.00000261. The van der Waals surface area contributed by atoms with Crippen LogP contribution >= 0.6 is 24.0 Å². The van der Waals surface area contributed by atoms with Crippen molar-refractivity contribution in [2.24, 2.45) is 0 Å². The van der Waals surface area contributed by atoms with Crippen molar-refractivity contribution in [1.82, 2.24) is 10.2 Å². The molecule has 1 fully saturated rings. The van der Waals surface area contributed by atoms with E-state index in [0.29, 0.717) is 29.5 Å². The smallest absolute Gasteiger partial charge is 0.238 e. The second-order valence-electron chi connectivity index (χ2n) is 6.14. The molecule has 1 aliphatic heterocycles. The minimum absolute atomic E-state index is 0. The lowest BCUT2D eigenvalue weighted by molar-refractivity contribution is -0.118. The Morgan fingerprint density at radius 2 is 2.19 bits per heavy atom. The van der Waals surface area contributed by atoms with Crippen molar-refractivity contribution in [2.75, 3.05) is 38.6 Å². The zero-order valence-corrected chi connectivity index (χ0v) is 16.4. The van der Waals surface area contributed by atoms with Gasteiger partial charge in [0, 0.05) is 30.7 Å². The molecule has 27 heavy (non-hydrogen) atoms. The summed E-state index contributed by atoms with van der Waals surface area (Å²) in [5, 5.41) is 6.66. The third-order valence-electron chi connectivity index (χ3n) is 4.37. The first-order valence-electron chi connectivity index (χ1n) is 8.40. The maximum Gasteiger partial charge on any atom is 0.238 e. The number of carbonyl (C=O) groups excluding carboxylic acids is 1. The zero-order chi connectivity index (χ0) is 18.5. The minimum atomic E-state index is -0.277. The van der Waals surface area contributed by atoms with Crippen molar-refractivity contribution in [2.45, 2.75) is 6.04 Å². The molecule has 1 unspecified atom stereocenters. The van der Waals surface area contributed by atoms with Gasteiger partial charge in [-0.1, -0.05) is 23.7 Å². The number of rotatable bonds is 5. The van der Waals surface area contributed by atoms with Crippen molar-refractivity contribution in [3.05, 3.63) is 58.9 Å². The van der Waals surface area contributed by atoms with Crippen molar-refractivity contribution >= 4 is 35.6 Å². The number of hydrogen-bond acceptors (Lipinski definition) is 4. The van der Waals surface area contributed by atoms with E-state index < -0.39 is 0 Å². The molecule has 146 valence electrons. The highest BCUT2D eigenvalue weighted by Gasteiger charge is 2.26. The van der Waals surface area contributed by atoms with E-state index in [-0.39, 0.29) is 36.7 Å². The van der Waals surface area contributed by atoms with Gasteiger partial charge in [0.15, 0.2) is 0 Å². The first-order valence-corrected chi connectivity index (χ1v) is 8.78. The van der Waals surface area contributed by atoms with Gasteiger partial charge in [-0.2, -0.15) is 0 Å². The van der Waals surface area contributed by atoms with E-state index in [1.807, 2.05) is 11.0 Å². The van der Waals surface area contributed by atoms with Gasteiger partial charge in [-0.25, -0.2) is 4.39 Å². The Morgan fingerprint density at radius 3 is 2.93 bits per heavy atom. The van der Waals surface area contributed by atoms with Gasteiger partial charge >= 0.3 is 0 Å². The van der Waals surface area contributed by atoms with E-state index in [9.17, 15) is 9.18 Å². The molecule has 2 aromatic carbocycles. The monoisotopic (exact) mass is 413 g/mol. The van der Waals surface area contributed by atoms with Crippen molar-refractivity contribution in [1.29, 1.82) is 0 Å². The highest BCUT2D eigenvalue weighted by molar-refractivity contribution is 6.31. The molecular formula is C19H22Cl2FN3O2. The number of amides is 1. The average molecular weight is 414 g/mol. The fourth-order valence-corrected chi connectivity index (χ4v) is 3.30. The van der Waals surface area contributed by atoms with Gasteiger partial charge in [-0.05, 0) is 35.9 Å². The molecule has 1 heterocycles. The van der Waals surface area contributed by atoms with Gasteiger partial charge in [-0.3, -0.25) is 9.69 Å². The van der Waals surface area contributed by atoms with Crippen LogP contribution in [0.2, 0.25) is 5.02 Å².